The van der Waals surface area contributed by atoms with Crippen LogP contribution in [0.25, 0.3) is 21.8 Å². The van der Waals surface area contributed by atoms with Crippen LogP contribution in [0.1, 0.15) is 20.7 Å². The Labute approximate surface area is 193 Å². The van der Waals surface area contributed by atoms with E-state index >= 15 is 0 Å². The first kappa shape index (κ1) is 21.5. The predicted octanol–water partition coefficient (Wildman–Crippen LogP) is 1.06. The van der Waals surface area contributed by atoms with Gasteiger partial charge in [0.25, 0.3) is 11.8 Å². The predicted molar refractivity (Wildman–Crippen MR) is 129 cm³/mol. The van der Waals surface area contributed by atoms with Crippen molar-refractivity contribution in [2.75, 3.05) is 19.8 Å². The van der Waals surface area contributed by atoms with Crippen LogP contribution >= 0.6 is 0 Å². The molecule has 33 heavy (non-hydrogen) atoms. The molecule has 6 nitrogen and oxygen atoms in total. The van der Waals surface area contributed by atoms with E-state index in [4.69, 9.17) is 20.4 Å². The van der Waals surface area contributed by atoms with Gasteiger partial charge in [-0.3, -0.25) is 14.5 Å². The maximum absolute atomic E-state index is 12.4. The number of nitrogens with zero attached hydrogens (tertiary/aromatic N) is 2. The van der Waals surface area contributed by atoms with Gasteiger partial charge >= 0.3 is 0 Å². The Balaban J connectivity index is 1.24. The molecule has 0 spiro atoms. The number of imide groups is 1. The average molecular weight is 434 g/mol. The molecule has 1 N–H and O–H groups in total. The summed E-state index contributed by atoms with van der Waals surface area (Å²) in [6, 6.07) is 18.1. The summed E-state index contributed by atoms with van der Waals surface area (Å²) in [6.07, 6.45) is -0.791. The maximum atomic E-state index is 12.4. The van der Waals surface area contributed by atoms with E-state index < -0.39 is 6.10 Å². The van der Waals surface area contributed by atoms with Crippen molar-refractivity contribution in [3.05, 3.63) is 71.8 Å². The molecule has 3 aromatic carbocycles. The molecule has 1 aliphatic rings. The zero-order chi connectivity index (χ0) is 23.1. The number of aliphatic hydroxyl groups is 1. The molecule has 0 saturated heterocycles. The van der Waals surface area contributed by atoms with Crippen LogP contribution in [0.4, 0.5) is 0 Å². The fourth-order valence-corrected chi connectivity index (χ4v) is 4.42. The zero-order valence-corrected chi connectivity index (χ0v) is 17.9. The van der Waals surface area contributed by atoms with Crippen LogP contribution in [0.2, 0.25) is 0 Å². The molecule has 160 valence electrons. The van der Waals surface area contributed by atoms with E-state index in [9.17, 15) is 14.7 Å². The Morgan fingerprint density at radius 2 is 1.39 bits per heavy atom. The molecule has 1 aromatic heterocycles. The molecule has 8 heteroatoms. The van der Waals surface area contributed by atoms with Crippen molar-refractivity contribution in [2.24, 2.45) is 0 Å². The Hall–Kier alpha value is -3.35. The monoisotopic (exact) mass is 434 g/mol. The van der Waals surface area contributed by atoms with Gasteiger partial charge in [0.15, 0.2) is 0 Å². The van der Waals surface area contributed by atoms with Crippen LogP contribution in [-0.4, -0.2) is 67.9 Å². The Kier molecular flexibility index (Phi) is 5.56. The van der Waals surface area contributed by atoms with Gasteiger partial charge in [0.1, 0.15) is 15.7 Å². The number of hydrogen-bond acceptors (Lipinski definition) is 4. The molecule has 1 unspecified atom stereocenters. The largest absolute Gasteiger partial charge is 0.389 e. The Morgan fingerprint density at radius 3 is 1.94 bits per heavy atom. The molecular formula is C25H20B2N2O4. The summed E-state index contributed by atoms with van der Waals surface area (Å²) >= 11 is 0. The molecule has 2 heterocycles. The summed E-state index contributed by atoms with van der Waals surface area (Å²) in [5, 5.41) is 12.6. The van der Waals surface area contributed by atoms with E-state index in [2.05, 4.69) is 0 Å². The number of fused-ring (bicyclic) bond motifs is 4. The zero-order valence-electron chi connectivity index (χ0n) is 17.9. The van der Waals surface area contributed by atoms with Crippen molar-refractivity contribution in [1.29, 1.82) is 0 Å². The second kappa shape index (κ2) is 8.54. The van der Waals surface area contributed by atoms with E-state index in [1.54, 1.807) is 24.3 Å². The van der Waals surface area contributed by atoms with Crippen molar-refractivity contribution < 1.29 is 19.4 Å². The molecule has 0 saturated carbocycles. The van der Waals surface area contributed by atoms with Crippen LogP contribution in [-0.2, 0) is 11.3 Å². The van der Waals surface area contributed by atoms with Gasteiger partial charge in [-0.1, -0.05) is 47.3 Å². The van der Waals surface area contributed by atoms with Crippen LogP contribution in [0, 0.1) is 0 Å². The van der Waals surface area contributed by atoms with Crippen LogP contribution in [0.15, 0.2) is 60.7 Å². The second-order valence-electron chi connectivity index (χ2n) is 8.20. The normalized spacial score (nSPS) is 14.4. The third-order valence-electron chi connectivity index (χ3n) is 5.95. The van der Waals surface area contributed by atoms with E-state index in [1.807, 2.05) is 41.0 Å². The third kappa shape index (κ3) is 3.86. The van der Waals surface area contributed by atoms with Gasteiger partial charge in [-0.2, -0.15) is 0 Å². The van der Waals surface area contributed by atoms with Gasteiger partial charge < -0.3 is 14.4 Å². The number of aliphatic hydroxyl groups excluding tert-OH is 1. The summed E-state index contributed by atoms with van der Waals surface area (Å²) in [6.45, 7) is 0.644. The summed E-state index contributed by atoms with van der Waals surface area (Å²) in [5.41, 5.74) is 4.01. The topological polar surface area (TPSA) is 71.8 Å². The molecule has 0 bridgehead atoms. The first-order valence-corrected chi connectivity index (χ1v) is 10.7. The highest BCUT2D eigenvalue weighted by Crippen LogP contribution is 2.28. The lowest BCUT2D eigenvalue weighted by molar-refractivity contribution is 0.0209. The number of aromatic nitrogens is 1. The van der Waals surface area contributed by atoms with Crippen LogP contribution < -0.4 is 10.9 Å². The van der Waals surface area contributed by atoms with Gasteiger partial charge in [0.2, 0.25) is 0 Å². The number of ether oxygens (including phenoxy) is 1. The van der Waals surface area contributed by atoms with Crippen molar-refractivity contribution in [3.8, 4) is 0 Å². The molecule has 5 rings (SSSR count). The highest BCUT2D eigenvalue weighted by Gasteiger charge is 2.34. The average Bonchev–Trinajstić information content (AvgIpc) is 3.23. The summed E-state index contributed by atoms with van der Waals surface area (Å²) in [7, 11) is 12.0. The first-order valence-electron chi connectivity index (χ1n) is 10.7. The number of amides is 2. The molecule has 0 aliphatic carbocycles. The van der Waals surface area contributed by atoms with Crippen LogP contribution in [0.3, 0.4) is 0 Å². The van der Waals surface area contributed by atoms with E-state index in [0.29, 0.717) is 28.6 Å². The fourth-order valence-electron chi connectivity index (χ4n) is 4.42. The molecule has 0 fully saturated rings. The lowest BCUT2D eigenvalue weighted by atomic mass is 9.92. The molecule has 2 amide bonds. The second-order valence-corrected chi connectivity index (χ2v) is 8.20. The van der Waals surface area contributed by atoms with E-state index in [0.717, 1.165) is 21.8 Å². The van der Waals surface area contributed by atoms with Crippen molar-refractivity contribution >= 4 is 60.2 Å². The number of benzene rings is 3. The summed E-state index contributed by atoms with van der Waals surface area (Å²) in [4.78, 5) is 26.0. The number of carbonyl (C=O) groups excluding carboxylic acids is 2. The molecular weight excluding hydrogens is 414 g/mol. The Bertz CT molecular complexity index is 1300. The van der Waals surface area contributed by atoms with Gasteiger partial charge in [-0.15, -0.1) is 0 Å². The molecule has 4 aromatic rings. The highest BCUT2D eigenvalue weighted by molar-refractivity contribution is 6.35. The highest BCUT2D eigenvalue weighted by atomic mass is 16.5. The smallest absolute Gasteiger partial charge is 0.261 e. The number of hydrogen-bond donors (Lipinski definition) is 1. The molecule has 1 aliphatic heterocycles. The summed E-state index contributed by atoms with van der Waals surface area (Å²) in [5.74, 6) is -0.632. The minimum Gasteiger partial charge on any atom is -0.389 e. The van der Waals surface area contributed by atoms with Gasteiger partial charge in [0.05, 0.1) is 43.5 Å². The number of carbonyl (C=O) groups is 2. The van der Waals surface area contributed by atoms with E-state index in [1.165, 1.54) is 4.90 Å². The Morgan fingerprint density at radius 1 is 0.848 bits per heavy atom. The summed E-state index contributed by atoms with van der Waals surface area (Å²) < 4.78 is 7.63. The first-order chi connectivity index (χ1) is 15.9. The number of rotatable bonds is 7. The van der Waals surface area contributed by atoms with Gasteiger partial charge in [-0.25, -0.2) is 0 Å². The lowest BCUT2D eigenvalue weighted by Gasteiger charge is -2.17. The van der Waals surface area contributed by atoms with Gasteiger partial charge in [0, 0.05) is 21.8 Å². The standard InChI is InChI=1S/C25H20B2N2O4/c26-15-5-7-22-20(11-15)21-12-16(27)6-8-23(21)29(22)13-17(30)14-33-10-9-28-24(31)18-3-1-2-4-19(18)25(28)32/h1-8,11-12,17,30H,9-10,13-14H2. The molecule has 4 radical (unpaired) electrons. The maximum Gasteiger partial charge on any atom is 0.261 e. The SMILES string of the molecule is [B]c1ccc2c(c1)c1cc([B])ccc1n2CC(O)COCCN1C(=O)c2ccccc2C1=O. The third-order valence-corrected chi connectivity index (χ3v) is 5.95. The van der Waals surface area contributed by atoms with Gasteiger partial charge in [-0.05, 0) is 24.3 Å². The van der Waals surface area contributed by atoms with Crippen molar-refractivity contribution in [2.45, 2.75) is 12.6 Å². The van der Waals surface area contributed by atoms with Crippen LogP contribution in [0.5, 0.6) is 0 Å². The lowest BCUT2D eigenvalue weighted by Crippen LogP contribution is -2.34. The minimum atomic E-state index is -0.791. The molecule has 1 atom stereocenters. The van der Waals surface area contributed by atoms with E-state index in [-0.39, 0.29) is 31.6 Å². The fraction of sp³-hybridized carbons (Fsp3) is 0.200. The minimum absolute atomic E-state index is 0.0638. The van der Waals surface area contributed by atoms with Crippen molar-refractivity contribution in [1.82, 2.24) is 9.47 Å². The quantitative estimate of drug-likeness (QED) is 0.268. The van der Waals surface area contributed by atoms with Crippen molar-refractivity contribution in [3.63, 3.8) is 0 Å².